The molecule has 0 bridgehead atoms. The van der Waals surface area contributed by atoms with Gasteiger partial charge >= 0.3 is 0 Å². The van der Waals surface area contributed by atoms with Crippen LogP contribution in [0.25, 0.3) is 0 Å². The first-order chi connectivity index (χ1) is 13.3. The van der Waals surface area contributed by atoms with Crippen molar-refractivity contribution in [3.63, 3.8) is 0 Å². The molecule has 0 fully saturated rings. The third-order valence-corrected chi connectivity index (χ3v) is 5.13. The largest absolute Gasteiger partial charge is 0.372 e. The summed E-state index contributed by atoms with van der Waals surface area (Å²) in [6.07, 6.45) is 0.428. The summed E-state index contributed by atoms with van der Waals surface area (Å²) in [6.45, 7) is 5.28. The number of carbonyl (C=O) groups is 2. The van der Waals surface area contributed by atoms with Gasteiger partial charge in [0.2, 0.25) is 5.91 Å². The van der Waals surface area contributed by atoms with Crippen molar-refractivity contribution in [2.45, 2.75) is 32.2 Å². The minimum atomic E-state index is -0.281. The number of nitrogens with one attached hydrogen (secondary N) is 2. The molecule has 0 aromatic heterocycles. The second-order valence-electron chi connectivity index (χ2n) is 7.59. The van der Waals surface area contributed by atoms with E-state index in [0.717, 1.165) is 11.3 Å². The van der Waals surface area contributed by atoms with E-state index in [1.165, 1.54) is 5.56 Å². The van der Waals surface area contributed by atoms with Crippen molar-refractivity contribution in [1.29, 1.82) is 0 Å². The van der Waals surface area contributed by atoms with E-state index in [4.69, 9.17) is 5.73 Å². The Balaban J connectivity index is 1.65. The van der Waals surface area contributed by atoms with Crippen LogP contribution >= 0.6 is 0 Å². The van der Waals surface area contributed by atoms with Crippen molar-refractivity contribution >= 4 is 23.2 Å². The highest BCUT2D eigenvalue weighted by Crippen LogP contribution is 2.29. The fraction of sp³-hybridized carbons (Fsp3) is 0.364. The Morgan fingerprint density at radius 2 is 1.86 bits per heavy atom. The Morgan fingerprint density at radius 3 is 2.54 bits per heavy atom. The van der Waals surface area contributed by atoms with E-state index < -0.39 is 0 Å². The molecule has 3 rings (SSSR count). The highest BCUT2D eigenvalue weighted by molar-refractivity contribution is 6.00. The summed E-state index contributed by atoms with van der Waals surface area (Å²) in [5.74, 6) is 0.214. The van der Waals surface area contributed by atoms with Crippen molar-refractivity contribution < 1.29 is 9.59 Å². The molecule has 1 atom stereocenters. The molecule has 0 radical (unpaired) electrons. The number of hydrogen-bond donors (Lipinski definition) is 3. The molecule has 2 aromatic carbocycles. The number of benzene rings is 2. The van der Waals surface area contributed by atoms with Crippen molar-refractivity contribution in [3.8, 4) is 0 Å². The van der Waals surface area contributed by atoms with E-state index in [9.17, 15) is 9.59 Å². The predicted molar refractivity (Wildman–Crippen MR) is 113 cm³/mol. The highest BCUT2D eigenvalue weighted by atomic mass is 16.2. The molecule has 28 heavy (non-hydrogen) atoms. The van der Waals surface area contributed by atoms with Crippen molar-refractivity contribution in [3.05, 3.63) is 59.2 Å². The van der Waals surface area contributed by atoms with Gasteiger partial charge in [-0.25, -0.2) is 0 Å². The number of amides is 2. The Labute approximate surface area is 166 Å². The monoisotopic (exact) mass is 380 g/mol. The van der Waals surface area contributed by atoms with Gasteiger partial charge in [-0.2, -0.15) is 0 Å². The van der Waals surface area contributed by atoms with Gasteiger partial charge in [0, 0.05) is 38.2 Å². The van der Waals surface area contributed by atoms with Crippen LogP contribution in [-0.2, 0) is 4.79 Å². The second kappa shape index (κ2) is 8.44. The minimum Gasteiger partial charge on any atom is -0.372 e. The first kappa shape index (κ1) is 19.9. The number of nitrogens with zero attached hydrogens (tertiary/aromatic N) is 1. The molecule has 0 saturated carbocycles. The number of carbonyl (C=O) groups excluding carboxylic acids is 2. The molecule has 6 nitrogen and oxygen atoms in total. The maximum atomic E-state index is 12.6. The molecule has 2 aromatic rings. The van der Waals surface area contributed by atoms with Gasteiger partial charge in [0.05, 0.1) is 11.4 Å². The van der Waals surface area contributed by atoms with Crippen molar-refractivity contribution in [2.24, 2.45) is 5.73 Å². The fourth-order valence-electron chi connectivity index (χ4n) is 3.26. The van der Waals surface area contributed by atoms with Gasteiger partial charge in [0.25, 0.3) is 5.91 Å². The molecule has 2 amide bonds. The molecule has 0 spiro atoms. The Bertz CT molecular complexity index is 861. The molecule has 1 aliphatic heterocycles. The minimum absolute atomic E-state index is 0.0463. The molecule has 6 heteroatoms. The Kier molecular flexibility index (Phi) is 5.99. The van der Waals surface area contributed by atoms with Crippen LogP contribution in [0.3, 0.4) is 0 Å². The zero-order valence-electron chi connectivity index (χ0n) is 16.7. The molecular weight excluding hydrogens is 352 g/mol. The van der Waals surface area contributed by atoms with Crippen molar-refractivity contribution in [2.75, 3.05) is 30.4 Å². The van der Waals surface area contributed by atoms with Gasteiger partial charge in [0.15, 0.2) is 0 Å². The Morgan fingerprint density at radius 1 is 1.18 bits per heavy atom. The molecule has 1 aliphatic rings. The Hall–Kier alpha value is -2.86. The summed E-state index contributed by atoms with van der Waals surface area (Å²) >= 11 is 0. The maximum Gasteiger partial charge on any atom is 0.251 e. The lowest BCUT2D eigenvalue weighted by atomic mass is 9.99. The van der Waals surface area contributed by atoms with Crippen LogP contribution in [-0.4, -0.2) is 32.0 Å². The maximum absolute atomic E-state index is 12.6. The zero-order chi connectivity index (χ0) is 20.3. The lowest BCUT2D eigenvalue weighted by molar-refractivity contribution is -0.115. The van der Waals surface area contributed by atoms with Gasteiger partial charge in [-0.05, 0) is 35.2 Å². The summed E-state index contributed by atoms with van der Waals surface area (Å²) in [4.78, 5) is 26.4. The number of rotatable bonds is 5. The highest BCUT2D eigenvalue weighted by Gasteiger charge is 2.18. The number of anilines is 2. The number of nitrogens with two attached hydrogens (primary N) is 1. The SMILES string of the molecule is CC(C)c1ccc(C(N)CNC(=O)c2ccc3c(c2)NC(=O)CCN3C)cc1. The third-order valence-electron chi connectivity index (χ3n) is 5.13. The van der Waals surface area contributed by atoms with Crippen LogP contribution < -0.4 is 21.3 Å². The first-order valence-corrected chi connectivity index (χ1v) is 9.64. The molecule has 1 unspecified atom stereocenters. The van der Waals surface area contributed by atoms with E-state index in [2.05, 4.69) is 36.6 Å². The zero-order valence-corrected chi connectivity index (χ0v) is 16.7. The normalized spacial score (nSPS) is 14.9. The van der Waals surface area contributed by atoms with E-state index in [1.54, 1.807) is 12.1 Å². The van der Waals surface area contributed by atoms with Crippen LogP contribution in [0.15, 0.2) is 42.5 Å². The van der Waals surface area contributed by atoms with E-state index in [1.807, 2.05) is 30.1 Å². The molecule has 0 saturated heterocycles. The quantitative estimate of drug-likeness (QED) is 0.744. The van der Waals surface area contributed by atoms with Crippen molar-refractivity contribution in [1.82, 2.24) is 5.32 Å². The summed E-state index contributed by atoms with van der Waals surface area (Å²) < 4.78 is 0. The third kappa shape index (κ3) is 4.51. The van der Waals surface area contributed by atoms with Gasteiger partial charge < -0.3 is 21.3 Å². The second-order valence-corrected chi connectivity index (χ2v) is 7.59. The summed E-state index contributed by atoms with van der Waals surface area (Å²) in [5.41, 5.74) is 10.5. The first-order valence-electron chi connectivity index (χ1n) is 9.64. The van der Waals surface area contributed by atoms with Crippen LogP contribution in [0.1, 0.15) is 53.7 Å². The van der Waals surface area contributed by atoms with Crippen LogP contribution in [0.5, 0.6) is 0 Å². The van der Waals surface area contributed by atoms with Gasteiger partial charge in [0.1, 0.15) is 0 Å². The molecule has 148 valence electrons. The predicted octanol–water partition coefficient (Wildman–Crippen LogP) is 3.02. The number of fused-ring (bicyclic) bond motifs is 1. The van der Waals surface area contributed by atoms with Gasteiger partial charge in [-0.3, -0.25) is 9.59 Å². The lowest BCUT2D eigenvalue weighted by Crippen LogP contribution is -2.32. The van der Waals surface area contributed by atoms with Crippen LogP contribution in [0.2, 0.25) is 0 Å². The van der Waals surface area contributed by atoms with Crippen LogP contribution in [0.4, 0.5) is 11.4 Å². The van der Waals surface area contributed by atoms with Gasteiger partial charge in [-0.1, -0.05) is 38.1 Å². The molecule has 4 N–H and O–H groups in total. The lowest BCUT2D eigenvalue weighted by Gasteiger charge is -2.19. The van der Waals surface area contributed by atoms with E-state index in [0.29, 0.717) is 36.7 Å². The summed E-state index contributed by atoms with van der Waals surface area (Å²) in [5, 5.41) is 5.76. The standard InChI is InChI=1S/C22H28N4O2/c1-14(2)15-4-6-16(7-5-15)18(23)13-24-22(28)17-8-9-20-19(12-17)25-21(27)10-11-26(20)3/h4-9,12,14,18H,10-11,13,23H2,1-3H3,(H,24,28)(H,25,27). The molecule has 1 heterocycles. The van der Waals surface area contributed by atoms with E-state index in [-0.39, 0.29) is 17.9 Å². The topological polar surface area (TPSA) is 87.5 Å². The average Bonchev–Trinajstić information content (AvgIpc) is 2.83. The smallest absolute Gasteiger partial charge is 0.251 e. The molecule has 0 aliphatic carbocycles. The van der Waals surface area contributed by atoms with Crippen LogP contribution in [0, 0.1) is 0 Å². The fourth-order valence-corrected chi connectivity index (χ4v) is 3.26. The van der Waals surface area contributed by atoms with Gasteiger partial charge in [-0.15, -0.1) is 0 Å². The number of hydrogen-bond acceptors (Lipinski definition) is 4. The average molecular weight is 380 g/mol. The summed E-state index contributed by atoms with van der Waals surface area (Å²) in [6, 6.07) is 13.2. The van der Waals surface area contributed by atoms with E-state index >= 15 is 0 Å². The summed E-state index contributed by atoms with van der Waals surface area (Å²) in [7, 11) is 1.93. The molecular formula is C22H28N4O2.